The molecule has 0 spiro atoms. The van der Waals surface area contributed by atoms with Gasteiger partial charge < -0.3 is 4.57 Å². The maximum atomic E-state index is 13.4. The minimum atomic E-state index is -4.03. The first-order valence-corrected chi connectivity index (χ1v) is 13.4. The summed E-state index contributed by atoms with van der Waals surface area (Å²) >= 11 is 6.11. The average molecular weight is 535 g/mol. The second kappa shape index (κ2) is 11.0. The maximum Gasteiger partial charge on any atom is 0.264 e. The zero-order chi connectivity index (χ0) is 26.6. The minimum Gasteiger partial charge on any atom is -0.318 e. The summed E-state index contributed by atoms with van der Waals surface area (Å²) in [5.41, 5.74) is 7.76. The predicted octanol–water partition coefficient (Wildman–Crippen LogP) is 5.40. The Morgan fingerprint density at radius 3 is 2.41 bits per heavy atom. The van der Waals surface area contributed by atoms with E-state index in [4.69, 9.17) is 11.6 Å². The van der Waals surface area contributed by atoms with Gasteiger partial charge in [-0.05, 0) is 74.9 Å². The van der Waals surface area contributed by atoms with Crippen LogP contribution in [0, 0.1) is 20.8 Å². The maximum absolute atomic E-state index is 13.4. The van der Waals surface area contributed by atoms with Gasteiger partial charge in [-0.25, -0.2) is 13.8 Å². The minimum absolute atomic E-state index is 0.0647. The summed E-state index contributed by atoms with van der Waals surface area (Å²) in [5.74, 6) is -0.594. The first kappa shape index (κ1) is 26.2. The monoisotopic (exact) mass is 534 g/mol. The number of aromatic nitrogens is 1. The molecule has 0 radical (unpaired) electrons. The Balaban J connectivity index is 1.55. The van der Waals surface area contributed by atoms with Crippen LogP contribution >= 0.6 is 11.6 Å². The summed E-state index contributed by atoms with van der Waals surface area (Å²) < 4.78 is 29.9. The van der Waals surface area contributed by atoms with Crippen LogP contribution in [0.3, 0.4) is 0 Å². The molecule has 3 aromatic carbocycles. The third-order valence-electron chi connectivity index (χ3n) is 5.84. The van der Waals surface area contributed by atoms with Gasteiger partial charge in [0.25, 0.3) is 15.9 Å². The summed E-state index contributed by atoms with van der Waals surface area (Å²) in [6, 6.07) is 24.4. The molecule has 4 rings (SSSR count). The van der Waals surface area contributed by atoms with Crippen molar-refractivity contribution in [2.24, 2.45) is 5.10 Å². The van der Waals surface area contributed by atoms with E-state index in [0.717, 1.165) is 32.5 Å². The zero-order valence-electron chi connectivity index (χ0n) is 20.7. The van der Waals surface area contributed by atoms with E-state index in [2.05, 4.69) is 21.2 Å². The average Bonchev–Trinajstić information content (AvgIpc) is 3.15. The number of sulfonamides is 1. The number of carbonyl (C=O) groups excluding carboxylic acids is 1. The van der Waals surface area contributed by atoms with Crippen LogP contribution in [-0.2, 0) is 14.8 Å². The van der Waals surface area contributed by atoms with Crippen LogP contribution < -0.4 is 9.73 Å². The molecule has 0 bridgehead atoms. The highest BCUT2D eigenvalue weighted by molar-refractivity contribution is 7.92. The highest BCUT2D eigenvalue weighted by atomic mass is 35.5. The second-order valence-electron chi connectivity index (χ2n) is 8.60. The van der Waals surface area contributed by atoms with Crippen molar-refractivity contribution in [3.8, 4) is 5.69 Å². The quantitative estimate of drug-likeness (QED) is 0.242. The first-order chi connectivity index (χ1) is 17.7. The number of rotatable bonds is 8. The van der Waals surface area contributed by atoms with E-state index in [1.165, 1.54) is 18.2 Å². The fourth-order valence-electron chi connectivity index (χ4n) is 4.09. The summed E-state index contributed by atoms with van der Waals surface area (Å²) in [6.45, 7) is 5.55. The van der Waals surface area contributed by atoms with Gasteiger partial charge in [-0.3, -0.25) is 9.10 Å². The molecular weight excluding hydrogens is 508 g/mol. The van der Waals surface area contributed by atoms with E-state index in [-0.39, 0.29) is 10.6 Å². The van der Waals surface area contributed by atoms with Gasteiger partial charge in [-0.15, -0.1) is 0 Å². The largest absolute Gasteiger partial charge is 0.318 e. The molecule has 0 fully saturated rings. The van der Waals surface area contributed by atoms with E-state index in [1.54, 1.807) is 42.6 Å². The number of hydrazone groups is 1. The molecule has 1 aromatic heterocycles. The van der Waals surface area contributed by atoms with Crippen LogP contribution in [0.1, 0.15) is 22.5 Å². The van der Waals surface area contributed by atoms with Crippen molar-refractivity contribution in [3.63, 3.8) is 0 Å². The van der Waals surface area contributed by atoms with Gasteiger partial charge in [0.1, 0.15) is 6.54 Å². The number of benzene rings is 3. The molecule has 0 aliphatic rings. The lowest BCUT2D eigenvalue weighted by atomic mass is 10.2. The van der Waals surface area contributed by atoms with Crippen molar-refractivity contribution in [2.75, 3.05) is 10.8 Å². The van der Waals surface area contributed by atoms with Gasteiger partial charge in [0.15, 0.2) is 0 Å². The number of amides is 1. The summed E-state index contributed by atoms with van der Waals surface area (Å²) in [4.78, 5) is 12.9. The van der Waals surface area contributed by atoms with Crippen LogP contribution in [0.2, 0.25) is 5.02 Å². The van der Waals surface area contributed by atoms with E-state index in [0.29, 0.717) is 5.02 Å². The molecular formula is C28H27ClN4O3S. The van der Waals surface area contributed by atoms with Crippen LogP contribution in [0.4, 0.5) is 5.69 Å². The summed E-state index contributed by atoms with van der Waals surface area (Å²) in [7, 11) is -4.03. The number of carbonyl (C=O) groups is 1. The Bertz CT molecular complexity index is 1560. The Morgan fingerprint density at radius 2 is 1.70 bits per heavy atom. The third-order valence-corrected chi connectivity index (χ3v) is 7.86. The molecule has 0 saturated heterocycles. The molecule has 0 aliphatic heterocycles. The number of nitrogens with zero attached hydrogens (tertiary/aromatic N) is 3. The molecule has 0 saturated carbocycles. The highest BCUT2D eigenvalue weighted by Crippen LogP contribution is 2.26. The van der Waals surface area contributed by atoms with Crippen molar-refractivity contribution in [1.29, 1.82) is 0 Å². The molecule has 1 N–H and O–H groups in total. The van der Waals surface area contributed by atoms with E-state index in [9.17, 15) is 13.2 Å². The summed E-state index contributed by atoms with van der Waals surface area (Å²) in [5, 5.41) is 4.46. The Hall–Kier alpha value is -3.88. The van der Waals surface area contributed by atoms with Crippen LogP contribution in [-0.4, -0.2) is 31.7 Å². The van der Waals surface area contributed by atoms with Gasteiger partial charge in [0.2, 0.25) is 0 Å². The topological polar surface area (TPSA) is 83.8 Å². The number of hydrogen-bond donors (Lipinski definition) is 1. The molecule has 0 atom stereocenters. The Morgan fingerprint density at radius 1 is 0.973 bits per heavy atom. The smallest absolute Gasteiger partial charge is 0.264 e. The lowest BCUT2D eigenvalue weighted by Gasteiger charge is -2.23. The molecule has 37 heavy (non-hydrogen) atoms. The van der Waals surface area contributed by atoms with Gasteiger partial charge >= 0.3 is 0 Å². The number of hydrogen-bond acceptors (Lipinski definition) is 4. The fraction of sp³-hybridized carbons (Fsp3) is 0.143. The first-order valence-electron chi connectivity index (χ1n) is 11.6. The molecule has 0 unspecified atom stereocenters. The molecule has 7 nitrogen and oxygen atoms in total. The second-order valence-corrected chi connectivity index (χ2v) is 10.9. The highest BCUT2D eigenvalue weighted by Gasteiger charge is 2.27. The lowest BCUT2D eigenvalue weighted by molar-refractivity contribution is -0.119. The SMILES string of the molecule is Cc1cccc(-n2c(C)cc(/C=N/NC(=O)CN(c3cccc(Cl)c3)S(=O)(=O)c3ccccc3)c2C)c1. The number of anilines is 1. The standard InChI is InChI=1S/C28H27ClN4O3S/c1-20-9-7-12-26(15-20)33-21(2)16-23(22(33)3)18-30-31-28(34)19-32(25-11-8-10-24(29)17-25)37(35,36)27-13-5-4-6-14-27/h4-18H,19H2,1-3H3,(H,31,34)/b30-18+. The van der Waals surface area contributed by atoms with Crippen LogP contribution in [0.15, 0.2) is 94.9 Å². The van der Waals surface area contributed by atoms with E-state index < -0.39 is 22.5 Å². The van der Waals surface area contributed by atoms with Gasteiger partial charge in [0, 0.05) is 27.7 Å². The van der Waals surface area contributed by atoms with Gasteiger partial charge in [-0.1, -0.05) is 48.0 Å². The van der Waals surface area contributed by atoms with Crippen molar-refractivity contribution in [2.45, 2.75) is 25.7 Å². The van der Waals surface area contributed by atoms with Crippen molar-refractivity contribution in [1.82, 2.24) is 9.99 Å². The van der Waals surface area contributed by atoms with Gasteiger partial charge in [0.05, 0.1) is 16.8 Å². The number of aryl methyl sites for hydroxylation is 2. The van der Waals surface area contributed by atoms with Crippen molar-refractivity contribution < 1.29 is 13.2 Å². The molecule has 9 heteroatoms. The van der Waals surface area contributed by atoms with Crippen molar-refractivity contribution in [3.05, 3.63) is 112 Å². The lowest BCUT2D eigenvalue weighted by Crippen LogP contribution is -2.39. The number of halogens is 1. The number of nitrogens with one attached hydrogen (secondary N) is 1. The van der Waals surface area contributed by atoms with E-state index in [1.807, 2.05) is 45.0 Å². The molecule has 1 heterocycles. The normalized spacial score (nSPS) is 11.6. The Kier molecular flexibility index (Phi) is 7.80. The Labute approximate surface area is 222 Å². The van der Waals surface area contributed by atoms with Crippen LogP contribution in [0.25, 0.3) is 5.69 Å². The molecule has 0 aliphatic carbocycles. The molecule has 190 valence electrons. The summed E-state index contributed by atoms with van der Waals surface area (Å²) in [6.07, 6.45) is 1.56. The van der Waals surface area contributed by atoms with E-state index >= 15 is 0 Å². The van der Waals surface area contributed by atoms with Crippen molar-refractivity contribution >= 4 is 39.4 Å². The zero-order valence-corrected chi connectivity index (χ0v) is 22.3. The molecule has 4 aromatic rings. The molecule has 1 amide bonds. The third kappa shape index (κ3) is 5.93. The fourth-order valence-corrected chi connectivity index (χ4v) is 5.71. The predicted molar refractivity (Wildman–Crippen MR) is 148 cm³/mol. The van der Waals surface area contributed by atoms with Crippen LogP contribution in [0.5, 0.6) is 0 Å². The van der Waals surface area contributed by atoms with Gasteiger partial charge in [-0.2, -0.15) is 5.10 Å².